The summed E-state index contributed by atoms with van der Waals surface area (Å²) in [5.74, 6) is -0.499. The summed E-state index contributed by atoms with van der Waals surface area (Å²) >= 11 is 0. The van der Waals surface area contributed by atoms with Crippen LogP contribution in [0.4, 0.5) is 0 Å². The highest BCUT2D eigenvalue weighted by atomic mass is 32.2. The fraction of sp³-hybridized carbons (Fsp3) is 0.522. The molecule has 1 aliphatic heterocycles. The lowest BCUT2D eigenvalue weighted by Gasteiger charge is -2.38. The summed E-state index contributed by atoms with van der Waals surface area (Å²) in [6.45, 7) is 10.6. The molecular formula is C23H33N3O4S. The molecule has 1 saturated heterocycles. The van der Waals surface area contributed by atoms with Gasteiger partial charge in [-0.1, -0.05) is 31.5 Å². The van der Waals surface area contributed by atoms with Crippen LogP contribution in [0.3, 0.4) is 0 Å². The van der Waals surface area contributed by atoms with Gasteiger partial charge in [0.2, 0.25) is 0 Å². The molecule has 0 unspecified atom stereocenters. The zero-order chi connectivity index (χ0) is 22.6. The fourth-order valence-corrected chi connectivity index (χ4v) is 5.49. The summed E-state index contributed by atoms with van der Waals surface area (Å²) < 4.78 is 26.3. The predicted molar refractivity (Wildman–Crippen MR) is 122 cm³/mol. The molecule has 0 spiro atoms. The lowest BCUT2D eigenvalue weighted by atomic mass is 10.0. The lowest BCUT2D eigenvalue weighted by Crippen LogP contribution is -2.45. The molecule has 1 N–H and O–H groups in total. The molecule has 0 aliphatic carbocycles. The topological polar surface area (TPSA) is 82.8 Å². The van der Waals surface area contributed by atoms with E-state index in [-0.39, 0.29) is 4.90 Å². The smallest absolute Gasteiger partial charge is 0.306 e. The van der Waals surface area contributed by atoms with Gasteiger partial charge in [-0.3, -0.25) is 9.69 Å². The molecule has 0 radical (unpaired) electrons. The lowest BCUT2D eigenvalue weighted by molar-refractivity contribution is 0.108. The van der Waals surface area contributed by atoms with Crippen LogP contribution in [-0.4, -0.2) is 59.5 Å². The molecule has 2 aromatic rings. The number of rotatable bonds is 8. The number of hydrogen-bond donors (Lipinski definition) is 1. The monoisotopic (exact) mass is 447 g/mol. The van der Waals surface area contributed by atoms with Gasteiger partial charge in [0.05, 0.1) is 4.90 Å². The minimum atomic E-state index is -4.06. The molecule has 0 amide bonds. The molecule has 7 nitrogen and oxygen atoms in total. The Labute approximate surface area is 185 Å². The number of benzene rings is 1. The molecule has 1 aliphatic rings. The van der Waals surface area contributed by atoms with E-state index in [1.54, 1.807) is 12.1 Å². The van der Waals surface area contributed by atoms with E-state index in [2.05, 4.69) is 23.6 Å². The number of likely N-dealkylation sites (tertiary alicyclic amines) is 1. The first-order valence-electron chi connectivity index (χ1n) is 11.0. The average molecular weight is 448 g/mol. The minimum absolute atomic E-state index is 0.0157. The predicted octanol–water partition coefficient (Wildman–Crippen LogP) is 2.80. The van der Waals surface area contributed by atoms with Gasteiger partial charge >= 0.3 is 5.56 Å². The second kappa shape index (κ2) is 9.97. The number of hydrogen-bond acceptors (Lipinski definition) is 6. The third-order valence-corrected chi connectivity index (χ3v) is 7.75. The standard InChI is InChI=1S/C23H33N3O4S/c1-4-13-25(5-2)20-11-14-24(15-12-20)17-19-10-16-26(23(28)22(19)27)31(29,30)21-8-6-18(3)7-9-21/h6-10,16,20,27H,4-5,11-15,17H2,1-3H3. The van der Waals surface area contributed by atoms with Crippen LogP contribution in [0.1, 0.15) is 44.2 Å². The summed E-state index contributed by atoms with van der Waals surface area (Å²) in [5.41, 5.74) is 0.470. The highest BCUT2D eigenvalue weighted by molar-refractivity contribution is 7.90. The summed E-state index contributed by atoms with van der Waals surface area (Å²) in [6, 6.07) is 8.38. The molecule has 2 heterocycles. The van der Waals surface area contributed by atoms with Crippen molar-refractivity contribution >= 4 is 10.0 Å². The molecule has 1 fully saturated rings. The van der Waals surface area contributed by atoms with Crippen molar-refractivity contribution in [3.8, 4) is 5.75 Å². The number of aromatic hydroxyl groups is 1. The largest absolute Gasteiger partial charge is 0.503 e. The molecule has 1 aromatic carbocycles. The Hall–Kier alpha value is -2.16. The van der Waals surface area contributed by atoms with Crippen molar-refractivity contribution in [1.29, 1.82) is 0 Å². The second-order valence-electron chi connectivity index (χ2n) is 8.24. The van der Waals surface area contributed by atoms with E-state index in [1.165, 1.54) is 24.4 Å². The van der Waals surface area contributed by atoms with Gasteiger partial charge in [-0.2, -0.15) is 0 Å². The van der Waals surface area contributed by atoms with E-state index < -0.39 is 21.3 Å². The normalized spacial score (nSPS) is 16.1. The number of nitrogens with zero attached hydrogens (tertiary/aromatic N) is 3. The van der Waals surface area contributed by atoms with E-state index in [9.17, 15) is 18.3 Å². The minimum Gasteiger partial charge on any atom is -0.503 e. The van der Waals surface area contributed by atoms with Crippen LogP contribution in [0, 0.1) is 6.92 Å². The Morgan fingerprint density at radius 1 is 1.10 bits per heavy atom. The maximum Gasteiger partial charge on any atom is 0.306 e. The van der Waals surface area contributed by atoms with Crippen LogP contribution >= 0.6 is 0 Å². The Balaban J connectivity index is 1.73. The van der Waals surface area contributed by atoms with E-state index in [0.29, 0.717) is 22.1 Å². The Bertz CT molecular complexity index is 1040. The molecule has 31 heavy (non-hydrogen) atoms. The molecule has 170 valence electrons. The van der Waals surface area contributed by atoms with Gasteiger partial charge in [-0.25, -0.2) is 12.4 Å². The summed E-state index contributed by atoms with van der Waals surface area (Å²) in [6.07, 6.45) is 4.49. The third-order valence-electron chi connectivity index (χ3n) is 6.08. The quantitative estimate of drug-likeness (QED) is 0.670. The molecule has 0 bridgehead atoms. The zero-order valence-corrected chi connectivity index (χ0v) is 19.4. The van der Waals surface area contributed by atoms with Crippen molar-refractivity contribution in [3.63, 3.8) is 0 Å². The first kappa shape index (κ1) is 23.5. The van der Waals surface area contributed by atoms with Crippen molar-refractivity contribution in [2.75, 3.05) is 26.2 Å². The number of pyridine rings is 1. The van der Waals surface area contributed by atoms with E-state index in [1.807, 2.05) is 6.92 Å². The van der Waals surface area contributed by atoms with Gasteiger partial charge in [-0.05, 0) is 70.6 Å². The Kier molecular flexibility index (Phi) is 7.56. The van der Waals surface area contributed by atoms with Crippen molar-refractivity contribution in [3.05, 3.63) is 58.0 Å². The first-order valence-corrected chi connectivity index (χ1v) is 12.4. The maximum atomic E-state index is 12.8. The number of aromatic nitrogens is 1. The van der Waals surface area contributed by atoms with Crippen molar-refractivity contribution in [1.82, 2.24) is 13.8 Å². The van der Waals surface area contributed by atoms with Crippen molar-refractivity contribution in [2.24, 2.45) is 0 Å². The summed E-state index contributed by atoms with van der Waals surface area (Å²) in [5, 5.41) is 10.5. The second-order valence-corrected chi connectivity index (χ2v) is 10.1. The van der Waals surface area contributed by atoms with Gasteiger partial charge < -0.3 is 10.0 Å². The van der Waals surface area contributed by atoms with Crippen LogP contribution < -0.4 is 5.56 Å². The summed E-state index contributed by atoms with van der Waals surface area (Å²) in [7, 11) is -4.06. The molecule has 1 aromatic heterocycles. The van der Waals surface area contributed by atoms with Gasteiger partial charge in [0.25, 0.3) is 10.0 Å². The highest BCUT2D eigenvalue weighted by Gasteiger charge is 2.25. The SMILES string of the molecule is CCCN(CC)C1CCN(Cc2ccn(S(=O)(=O)c3ccc(C)cc3)c(=O)c2O)CC1. The van der Waals surface area contributed by atoms with Gasteiger partial charge in [0, 0.05) is 24.3 Å². The van der Waals surface area contributed by atoms with Crippen LogP contribution in [0.15, 0.2) is 46.2 Å². The molecular weight excluding hydrogens is 414 g/mol. The average Bonchev–Trinajstić information content (AvgIpc) is 2.76. The van der Waals surface area contributed by atoms with Crippen molar-refractivity contribution < 1.29 is 13.5 Å². The first-order chi connectivity index (χ1) is 14.8. The Morgan fingerprint density at radius 2 is 1.74 bits per heavy atom. The Morgan fingerprint density at radius 3 is 2.32 bits per heavy atom. The van der Waals surface area contributed by atoms with Gasteiger partial charge in [0.1, 0.15) is 0 Å². The van der Waals surface area contributed by atoms with Crippen LogP contribution in [-0.2, 0) is 16.6 Å². The zero-order valence-electron chi connectivity index (χ0n) is 18.6. The fourth-order valence-electron chi connectivity index (χ4n) is 4.26. The molecule has 0 saturated carbocycles. The molecule has 0 atom stereocenters. The van der Waals surface area contributed by atoms with Crippen LogP contribution in [0.5, 0.6) is 5.75 Å². The maximum absolute atomic E-state index is 12.8. The van der Waals surface area contributed by atoms with Crippen LogP contribution in [0.25, 0.3) is 0 Å². The highest BCUT2D eigenvalue weighted by Crippen LogP contribution is 2.22. The number of aryl methyl sites for hydroxylation is 1. The third kappa shape index (κ3) is 5.19. The van der Waals surface area contributed by atoms with Crippen LogP contribution in [0.2, 0.25) is 0 Å². The van der Waals surface area contributed by atoms with Gasteiger partial charge in [-0.15, -0.1) is 0 Å². The van der Waals surface area contributed by atoms with E-state index >= 15 is 0 Å². The van der Waals surface area contributed by atoms with Gasteiger partial charge in [0.15, 0.2) is 5.75 Å². The molecule has 8 heteroatoms. The molecule has 3 rings (SSSR count). The van der Waals surface area contributed by atoms with E-state index in [0.717, 1.165) is 51.0 Å². The van der Waals surface area contributed by atoms with Crippen molar-refractivity contribution in [2.45, 2.75) is 57.5 Å². The van der Waals surface area contributed by atoms with E-state index in [4.69, 9.17) is 0 Å². The summed E-state index contributed by atoms with van der Waals surface area (Å²) in [4.78, 5) is 17.4. The number of piperidine rings is 1.